The van der Waals surface area contributed by atoms with Crippen LogP contribution in [0.25, 0.3) is 0 Å². The van der Waals surface area contributed by atoms with Crippen LogP contribution in [0.5, 0.6) is 0 Å². The lowest BCUT2D eigenvalue weighted by Gasteiger charge is -2.11. The van der Waals surface area contributed by atoms with Crippen LogP contribution in [-0.4, -0.2) is 44.5 Å². The van der Waals surface area contributed by atoms with Crippen LogP contribution < -0.4 is 10.2 Å². The first kappa shape index (κ1) is 16.8. The van der Waals surface area contributed by atoms with Crippen LogP contribution >= 0.6 is 11.8 Å². The number of anilines is 1. The van der Waals surface area contributed by atoms with E-state index < -0.39 is 11.9 Å². The zero-order valence-electron chi connectivity index (χ0n) is 12.9. The van der Waals surface area contributed by atoms with Gasteiger partial charge in [0, 0.05) is 25.9 Å². The van der Waals surface area contributed by atoms with E-state index in [2.05, 4.69) is 20.3 Å². The van der Waals surface area contributed by atoms with E-state index in [0.717, 1.165) is 29.1 Å². The molecule has 1 aromatic carbocycles. The summed E-state index contributed by atoms with van der Waals surface area (Å²) in [5.41, 5.74) is 1.98. The molecule has 7 nitrogen and oxygen atoms in total. The van der Waals surface area contributed by atoms with Gasteiger partial charge >= 0.3 is 5.97 Å². The van der Waals surface area contributed by atoms with Gasteiger partial charge in [0.25, 0.3) is 5.91 Å². The second-order valence-corrected chi connectivity index (χ2v) is 5.75. The van der Waals surface area contributed by atoms with Gasteiger partial charge in [0.15, 0.2) is 5.17 Å². The number of thioether (sulfide) groups is 1. The van der Waals surface area contributed by atoms with Crippen LogP contribution in [0.3, 0.4) is 0 Å². The maximum Gasteiger partial charge on any atom is 0.331 e. The number of benzene rings is 1. The molecule has 0 radical (unpaired) electrons. The molecule has 120 valence electrons. The average molecular weight is 332 g/mol. The van der Waals surface area contributed by atoms with Gasteiger partial charge in [-0.2, -0.15) is 5.10 Å². The van der Waals surface area contributed by atoms with Crippen molar-refractivity contribution in [3.05, 3.63) is 40.8 Å². The van der Waals surface area contributed by atoms with E-state index in [1.807, 2.05) is 43.3 Å². The molecule has 1 aliphatic rings. The highest BCUT2D eigenvalue weighted by Gasteiger charge is 2.24. The van der Waals surface area contributed by atoms with Crippen LogP contribution in [0.1, 0.15) is 5.56 Å². The number of ether oxygens (including phenoxy) is 1. The second kappa shape index (κ2) is 7.59. The highest BCUT2D eigenvalue weighted by molar-refractivity contribution is 8.18. The summed E-state index contributed by atoms with van der Waals surface area (Å²) in [6.07, 6.45) is 2.70. The molecule has 1 fully saturated rings. The number of methoxy groups -OCH3 is 1. The van der Waals surface area contributed by atoms with Crippen LogP contribution in [0.15, 0.2) is 45.4 Å². The summed E-state index contributed by atoms with van der Waals surface area (Å²) in [5, 5.41) is 10.7. The van der Waals surface area contributed by atoms with Crippen LogP contribution in [0, 0.1) is 0 Å². The maximum atomic E-state index is 11.6. The van der Waals surface area contributed by atoms with Gasteiger partial charge in [-0.05, 0) is 29.5 Å². The van der Waals surface area contributed by atoms with Gasteiger partial charge in [-0.1, -0.05) is 12.1 Å². The summed E-state index contributed by atoms with van der Waals surface area (Å²) < 4.78 is 4.48. The van der Waals surface area contributed by atoms with Crippen molar-refractivity contribution in [2.45, 2.75) is 0 Å². The minimum absolute atomic E-state index is 0.223. The zero-order chi connectivity index (χ0) is 16.8. The molecule has 0 bridgehead atoms. The molecule has 0 unspecified atom stereocenters. The van der Waals surface area contributed by atoms with Gasteiger partial charge in [0.1, 0.15) is 0 Å². The lowest BCUT2D eigenvalue weighted by molar-refractivity contribution is -0.135. The predicted octanol–water partition coefficient (Wildman–Crippen LogP) is 1.36. The standard InChI is InChI=1S/C15H16N4O3S/c1-19(2)11-6-4-10(5-7-11)9-16-18-15-17-14(21)12(23-15)8-13(20)22-3/h4-9H,1-3H3,(H,17,18,21)/b12-8-,16-9-. The van der Waals surface area contributed by atoms with Gasteiger partial charge < -0.3 is 9.64 Å². The number of carbonyl (C=O) groups is 2. The normalized spacial score (nSPS) is 17.8. The third kappa shape index (κ3) is 4.68. The first-order valence-corrected chi connectivity index (χ1v) is 7.48. The number of amidine groups is 1. The fourth-order valence-corrected chi connectivity index (χ4v) is 2.39. The molecule has 1 aliphatic heterocycles. The number of hydrogen-bond donors (Lipinski definition) is 1. The van der Waals surface area contributed by atoms with Gasteiger partial charge in [-0.3, -0.25) is 10.1 Å². The number of rotatable bonds is 4. The molecule has 2 rings (SSSR count). The van der Waals surface area contributed by atoms with Crippen molar-refractivity contribution in [1.29, 1.82) is 0 Å². The highest BCUT2D eigenvalue weighted by atomic mass is 32.2. The second-order valence-electron chi connectivity index (χ2n) is 4.72. The Morgan fingerprint density at radius 1 is 1.30 bits per heavy atom. The first-order valence-electron chi connectivity index (χ1n) is 6.67. The summed E-state index contributed by atoms with van der Waals surface area (Å²) in [6, 6.07) is 7.78. The van der Waals surface area contributed by atoms with Crippen molar-refractivity contribution in [1.82, 2.24) is 5.32 Å². The molecule has 1 N–H and O–H groups in total. The van der Waals surface area contributed by atoms with Crippen molar-refractivity contribution in [3.8, 4) is 0 Å². The Hall–Kier alpha value is -2.61. The lowest BCUT2D eigenvalue weighted by Crippen LogP contribution is -2.19. The van der Waals surface area contributed by atoms with Gasteiger partial charge in [-0.15, -0.1) is 5.10 Å². The maximum absolute atomic E-state index is 11.6. The van der Waals surface area contributed by atoms with Crippen molar-refractivity contribution >= 4 is 40.7 Å². The first-order chi connectivity index (χ1) is 11.0. The van der Waals surface area contributed by atoms with Gasteiger partial charge in [0.05, 0.1) is 18.2 Å². The molecule has 0 atom stereocenters. The van der Waals surface area contributed by atoms with Crippen molar-refractivity contribution < 1.29 is 14.3 Å². The van der Waals surface area contributed by atoms with Crippen molar-refractivity contribution in [2.75, 3.05) is 26.1 Å². The van der Waals surface area contributed by atoms with Crippen LogP contribution in [0.2, 0.25) is 0 Å². The van der Waals surface area contributed by atoms with E-state index in [0.29, 0.717) is 5.17 Å². The number of esters is 1. The van der Waals surface area contributed by atoms with Crippen LogP contribution in [-0.2, 0) is 14.3 Å². The Balaban J connectivity index is 2.02. The lowest BCUT2D eigenvalue weighted by atomic mass is 10.2. The quantitative estimate of drug-likeness (QED) is 0.390. The van der Waals surface area contributed by atoms with E-state index >= 15 is 0 Å². The number of amides is 1. The smallest absolute Gasteiger partial charge is 0.331 e. The van der Waals surface area contributed by atoms with E-state index in [1.165, 1.54) is 7.11 Å². The number of carbonyl (C=O) groups excluding carboxylic acids is 2. The highest BCUT2D eigenvalue weighted by Crippen LogP contribution is 2.23. The fraction of sp³-hybridized carbons (Fsp3) is 0.200. The average Bonchev–Trinajstić information content (AvgIpc) is 2.87. The Morgan fingerprint density at radius 3 is 2.61 bits per heavy atom. The molecular formula is C15H16N4O3S. The minimum Gasteiger partial charge on any atom is -0.466 e. The fourth-order valence-electron chi connectivity index (χ4n) is 1.65. The molecule has 0 saturated carbocycles. The summed E-state index contributed by atoms with van der Waals surface area (Å²) >= 11 is 1.03. The summed E-state index contributed by atoms with van der Waals surface area (Å²) in [5.74, 6) is -0.988. The summed E-state index contributed by atoms with van der Waals surface area (Å²) in [4.78, 5) is 25.0. The van der Waals surface area contributed by atoms with Crippen molar-refractivity contribution in [3.63, 3.8) is 0 Å². The minimum atomic E-state index is -0.589. The van der Waals surface area contributed by atoms with E-state index in [1.54, 1.807) is 6.21 Å². The molecule has 0 aliphatic carbocycles. The number of hydrogen-bond acceptors (Lipinski definition) is 7. The largest absolute Gasteiger partial charge is 0.466 e. The van der Waals surface area contributed by atoms with Gasteiger partial charge in [0.2, 0.25) is 0 Å². The summed E-state index contributed by atoms with van der Waals surface area (Å²) in [6.45, 7) is 0. The Labute approximate surface area is 138 Å². The third-order valence-corrected chi connectivity index (χ3v) is 3.77. The SMILES string of the molecule is COC(=O)/C=C1\S/C(=N/N=C\c2ccc(N(C)C)cc2)NC1=O. The van der Waals surface area contributed by atoms with Crippen LogP contribution in [0.4, 0.5) is 5.69 Å². The Kier molecular flexibility index (Phi) is 5.53. The number of nitrogens with zero attached hydrogens (tertiary/aromatic N) is 3. The molecule has 23 heavy (non-hydrogen) atoms. The zero-order valence-corrected chi connectivity index (χ0v) is 13.8. The van der Waals surface area contributed by atoms with E-state index in [4.69, 9.17) is 0 Å². The Bertz CT molecular complexity index is 693. The predicted molar refractivity (Wildman–Crippen MR) is 91.6 cm³/mol. The molecule has 0 aromatic heterocycles. The third-order valence-electron chi connectivity index (χ3n) is 2.87. The molecule has 1 aromatic rings. The van der Waals surface area contributed by atoms with E-state index in [-0.39, 0.29) is 4.91 Å². The van der Waals surface area contributed by atoms with Crippen molar-refractivity contribution in [2.24, 2.45) is 10.2 Å². The van der Waals surface area contributed by atoms with E-state index in [9.17, 15) is 9.59 Å². The molecule has 0 spiro atoms. The number of nitrogens with one attached hydrogen (secondary N) is 1. The monoisotopic (exact) mass is 332 g/mol. The molecule has 1 saturated heterocycles. The molecule has 8 heteroatoms. The molecule has 1 heterocycles. The molecule has 1 amide bonds. The topological polar surface area (TPSA) is 83.4 Å². The Morgan fingerprint density at radius 2 is 2.00 bits per heavy atom. The van der Waals surface area contributed by atoms with Gasteiger partial charge in [-0.25, -0.2) is 4.79 Å². The molecular weight excluding hydrogens is 316 g/mol. The summed E-state index contributed by atoms with van der Waals surface area (Å²) in [7, 11) is 5.18.